The molecule has 0 radical (unpaired) electrons. The maximum atomic E-state index is 16.0. The van der Waals surface area contributed by atoms with Gasteiger partial charge >= 0.3 is 0 Å². The van der Waals surface area contributed by atoms with Gasteiger partial charge in [-0.15, -0.1) is 0 Å². The quantitative estimate of drug-likeness (QED) is 0.237. The molecule has 0 spiro atoms. The summed E-state index contributed by atoms with van der Waals surface area (Å²) < 4.78 is 18.0. The van der Waals surface area contributed by atoms with Crippen molar-refractivity contribution in [1.29, 1.82) is 0 Å². The van der Waals surface area contributed by atoms with Crippen LogP contribution in [0.15, 0.2) is 54.9 Å². The number of anilines is 1. The van der Waals surface area contributed by atoms with Crippen molar-refractivity contribution in [3.05, 3.63) is 93.6 Å². The van der Waals surface area contributed by atoms with Crippen molar-refractivity contribution in [2.75, 3.05) is 11.4 Å². The fourth-order valence-corrected chi connectivity index (χ4v) is 6.05. The molecule has 0 atom stereocenters. The maximum Gasteiger partial charge on any atom is 0.134 e. The lowest BCUT2D eigenvalue weighted by Gasteiger charge is -2.28. The van der Waals surface area contributed by atoms with Crippen LogP contribution in [0.5, 0.6) is 0 Å². The molecule has 4 heterocycles. The van der Waals surface area contributed by atoms with E-state index in [9.17, 15) is 0 Å². The van der Waals surface area contributed by atoms with Crippen molar-refractivity contribution in [2.45, 2.75) is 59.4 Å². The molecule has 6 rings (SSSR count). The first-order chi connectivity index (χ1) is 18.9. The van der Waals surface area contributed by atoms with Crippen molar-refractivity contribution in [1.82, 2.24) is 19.7 Å². The van der Waals surface area contributed by atoms with E-state index >= 15 is 4.39 Å². The first kappa shape index (κ1) is 25.6. The molecule has 5 nitrogen and oxygen atoms in total. The molecule has 1 aliphatic heterocycles. The van der Waals surface area contributed by atoms with Gasteiger partial charge in [0.1, 0.15) is 11.6 Å². The predicted octanol–water partition coefficient (Wildman–Crippen LogP) is 8.02. The third-order valence-electron chi connectivity index (χ3n) is 7.96. The molecule has 1 N–H and O–H groups in total. The Kier molecular flexibility index (Phi) is 6.67. The number of hydrogen-bond donors (Lipinski definition) is 1. The minimum absolute atomic E-state index is 0.348. The topological polar surface area (TPSA) is 49.7 Å². The minimum atomic E-state index is -0.348. The third kappa shape index (κ3) is 4.31. The van der Waals surface area contributed by atoms with Gasteiger partial charge in [-0.05, 0) is 53.6 Å². The number of H-pyrrole nitrogens is 1. The molecule has 0 saturated heterocycles. The summed E-state index contributed by atoms with van der Waals surface area (Å²) in [5.74, 6) is 1.00. The Hall–Kier alpha value is -3.64. The predicted molar refractivity (Wildman–Crippen MR) is 158 cm³/mol. The number of pyridine rings is 1. The van der Waals surface area contributed by atoms with E-state index in [-0.39, 0.29) is 5.82 Å². The van der Waals surface area contributed by atoms with E-state index in [0.29, 0.717) is 23.0 Å². The van der Waals surface area contributed by atoms with Gasteiger partial charge in [0.25, 0.3) is 0 Å². The summed E-state index contributed by atoms with van der Waals surface area (Å²) in [6, 6.07) is 14.0. The SMILES string of the molecule is CCc1cccc(CC)c1-n1nc2c(c1-c1c(F)cc(Cl)c3[nH]ccc13)CN(c1ccc(C(C)C)cn1)CC2. The third-order valence-corrected chi connectivity index (χ3v) is 8.25. The van der Waals surface area contributed by atoms with E-state index in [0.717, 1.165) is 65.2 Å². The zero-order chi connectivity index (χ0) is 27.3. The van der Waals surface area contributed by atoms with Crippen LogP contribution in [-0.2, 0) is 25.8 Å². The Bertz CT molecular complexity index is 1640. The van der Waals surface area contributed by atoms with E-state index in [4.69, 9.17) is 21.7 Å². The summed E-state index contributed by atoms with van der Waals surface area (Å²) in [5, 5.41) is 6.32. The summed E-state index contributed by atoms with van der Waals surface area (Å²) in [5.41, 5.74) is 8.75. The Morgan fingerprint density at radius 3 is 2.51 bits per heavy atom. The monoisotopic (exact) mass is 541 g/mol. The normalized spacial score (nSPS) is 13.5. The van der Waals surface area contributed by atoms with E-state index < -0.39 is 0 Å². The molecule has 0 fully saturated rings. The average Bonchev–Trinajstić information content (AvgIpc) is 3.58. The Morgan fingerprint density at radius 2 is 1.85 bits per heavy atom. The largest absolute Gasteiger partial charge is 0.360 e. The number of para-hydroxylation sites is 1. The number of aromatic nitrogens is 4. The van der Waals surface area contributed by atoms with E-state index in [1.807, 2.05) is 23.1 Å². The molecule has 0 saturated carbocycles. The molecule has 3 aromatic heterocycles. The molecule has 2 aromatic carbocycles. The summed E-state index contributed by atoms with van der Waals surface area (Å²) >= 11 is 6.46. The van der Waals surface area contributed by atoms with Crippen LogP contribution in [0.1, 0.15) is 61.6 Å². The Morgan fingerprint density at radius 1 is 1.08 bits per heavy atom. The lowest BCUT2D eigenvalue weighted by molar-refractivity contribution is 0.631. The van der Waals surface area contributed by atoms with Crippen LogP contribution >= 0.6 is 11.6 Å². The van der Waals surface area contributed by atoms with Gasteiger partial charge in [0.2, 0.25) is 0 Å². The average molecular weight is 542 g/mol. The second-order valence-corrected chi connectivity index (χ2v) is 11.0. The highest BCUT2D eigenvalue weighted by Crippen LogP contribution is 2.41. The van der Waals surface area contributed by atoms with E-state index in [1.165, 1.54) is 22.8 Å². The highest BCUT2D eigenvalue weighted by atomic mass is 35.5. The van der Waals surface area contributed by atoms with Gasteiger partial charge in [-0.1, -0.05) is 63.6 Å². The fraction of sp³-hybridized carbons (Fsp3) is 0.312. The van der Waals surface area contributed by atoms with Crippen LogP contribution in [0.4, 0.5) is 10.2 Å². The molecule has 5 aromatic rings. The Labute approximate surface area is 233 Å². The van der Waals surface area contributed by atoms with Gasteiger partial charge in [0, 0.05) is 48.4 Å². The molecule has 39 heavy (non-hydrogen) atoms. The maximum absolute atomic E-state index is 16.0. The lowest BCUT2D eigenvalue weighted by Crippen LogP contribution is -2.31. The molecule has 0 amide bonds. The van der Waals surface area contributed by atoms with Crippen molar-refractivity contribution >= 4 is 28.3 Å². The lowest BCUT2D eigenvalue weighted by atomic mass is 9.96. The molecule has 200 valence electrons. The summed E-state index contributed by atoms with van der Waals surface area (Å²) in [6.45, 7) is 10.1. The van der Waals surface area contributed by atoms with Crippen molar-refractivity contribution < 1.29 is 4.39 Å². The number of rotatable bonds is 6. The summed E-state index contributed by atoms with van der Waals surface area (Å²) in [6.07, 6.45) is 6.25. The fourth-order valence-electron chi connectivity index (χ4n) is 5.80. The standard InChI is InChI=1S/C32H33ClFN5/c1-5-20-8-7-9-21(6-2)31(20)39-32(29-23-12-14-35-30(23)25(33)16-26(29)34)24-18-38(15-13-27(24)37-39)28-11-10-22(17-36-28)19(3)4/h7-12,14,16-17,19,35H,5-6,13,15,18H2,1-4H3. The Balaban J connectivity index is 1.59. The van der Waals surface area contributed by atoms with Crippen LogP contribution in [0, 0.1) is 5.82 Å². The highest BCUT2D eigenvalue weighted by molar-refractivity contribution is 6.35. The number of benzene rings is 2. The molecule has 7 heteroatoms. The molecular formula is C32H33ClFN5. The van der Waals surface area contributed by atoms with Crippen molar-refractivity contribution in [2.24, 2.45) is 0 Å². The number of nitrogens with zero attached hydrogens (tertiary/aromatic N) is 4. The smallest absolute Gasteiger partial charge is 0.134 e. The second kappa shape index (κ2) is 10.2. The first-order valence-electron chi connectivity index (χ1n) is 13.8. The van der Waals surface area contributed by atoms with Gasteiger partial charge in [0.15, 0.2) is 0 Å². The van der Waals surface area contributed by atoms with Gasteiger partial charge in [-0.2, -0.15) is 5.10 Å². The number of fused-ring (bicyclic) bond motifs is 2. The van der Waals surface area contributed by atoms with Crippen molar-refractivity contribution in [3.8, 4) is 16.9 Å². The number of halogens is 2. The molecule has 0 unspecified atom stereocenters. The first-order valence-corrected chi connectivity index (χ1v) is 14.2. The number of aromatic amines is 1. The van der Waals surface area contributed by atoms with Crippen molar-refractivity contribution in [3.63, 3.8) is 0 Å². The van der Waals surface area contributed by atoms with Crippen LogP contribution < -0.4 is 4.90 Å². The highest BCUT2D eigenvalue weighted by Gasteiger charge is 2.31. The summed E-state index contributed by atoms with van der Waals surface area (Å²) in [4.78, 5) is 10.3. The molecule has 1 aliphatic rings. The molecule has 0 aliphatic carbocycles. The van der Waals surface area contributed by atoms with Crippen LogP contribution in [0.3, 0.4) is 0 Å². The van der Waals surface area contributed by atoms with Gasteiger partial charge in [-0.25, -0.2) is 14.1 Å². The second-order valence-electron chi connectivity index (χ2n) is 10.6. The van der Waals surface area contributed by atoms with Crippen LogP contribution in [-0.4, -0.2) is 26.3 Å². The van der Waals surface area contributed by atoms with Gasteiger partial charge < -0.3 is 9.88 Å². The van der Waals surface area contributed by atoms with Crippen LogP contribution in [0.25, 0.3) is 27.8 Å². The number of nitrogens with one attached hydrogen (secondary N) is 1. The van der Waals surface area contributed by atoms with Crippen LogP contribution in [0.2, 0.25) is 5.02 Å². The number of hydrogen-bond acceptors (Lipinski definition) is 3. The van der Waals surface area contributed by atoms with Gasteiger partial charge in [-0.3, -0.25) is 0 Å². The zero-order valence-corrected chi connectivity index (χ0v) is 23.6. The molecular weight excluding hydrogens is 509 g/mol. The number of aryl methyl sites for hydroxylation is 2. The minimum Gasteiger partial charge on any atom is -0.360 e. The van der Waals surface area contributed by atoms with E-state index in [1.54, 1.807) is 0 Å². The summed E-state index contributed by atoms with van der Waals surface area (Å²) in [7, 11) is 0. The molecule has 0 bridgehead atoms. The zero-order valence-electron chi connectivity index (χ0n) is 22.9. The van der Waals surface area contributed by atoms with E-state index in [2.05, 4.69) is 67.9 Å². The van der Waals surface area contributed by atoms with Gasteiger partial charge in [0.05, 0.1) is 27.6 Å².